The minimum atomic E-state index is -2.64. The first-order valence-electron chi connectivity index (χ1n) is 9.14. The molecule has 156 valence electrons. The maximum absolute atomic E-state index is 13.3. The molecule has 2 aromatic rings. The van der Waals surface area contributed by atoms with Gasteiger partial charge in [0.1, 0.15) is 30.5 Å². The van der Waals surface area contributed by atoms with Gasteiger partial charge in [0, 0.05) is 23.7 Å². The van der Waals surface area contributed by atoms with Crippen molar-refractivity contribution in [1.82, 2.24) is 9.55 Å². The smallest absolute Gasteiger partial charge is 0.287 e. The first-order chi connectivity index (χ1) is 13.8. The fourth-order valence-corrected chi connectivity index (χ4v) is 4.28. The standard InChI is InChI=1S/C18H21F2N5O3S/c1-9(16(21)26)22-10-2-3-11-13(6-10)28-5-4-24-7-14(23-17(11)24)25-12(15(19)20)8-29-18(25)27/h2-3,6-7,9,12,15-16,22,26H,4-5,8,21H2,1H3/t9-,12-,16?/m0/s1. The summed E-state index contributed by atoms with van der Waals surface area (Å²) in [6.07, 6.45) is -2.04. The lowest BCUT2D eigenvalue weighted by atomic mass is 10.1. The molecule has 3 heterocycles. The number of anilines is 2. The number of thioether (sulfide) groups is 1. The summed E-state index contributed by atoms with van der Waals surface area (Å²) >= 11 is 0.876. The molecular weight excluding hydrogens is 404 g/mol. The lowest BCUT2D eigenvalue weighted by Gasteiger charge is -2.20. The molecular formula is C18H21F2N5O3S. The second-order valence-corrected chi connectivity index (χ2v) is 7.92. The van der Waals surface area contributed by atoms with E-state index in [1.165, 1.54) is 0 Å². The zero-order chi connectivity index (χ0) is 20.7. The number of aliphatic hydroxyl groups is 1. The number of aromatic nitrogens is 2. The van der Waals surface area contributed by atoms with Crippen molar-refractivity contribution in [2.24, 2.45) is 5.73 Å². The number of aliphatic hydroxyl groups excluding tert-OH is 1. The molecule has 0 bridgehead atoms. The minimum Gasteiger partial charge on any atom is -0.491 e. The van der Waals surface area contributed by atoms with Crippen LogP contribution in [0, 0.1) is 0 Å². The minimum absolute atomic E-state index is 0.0403. The number of amides is 1. The van der Waals surface area contributed by atoms with Crippen molar-refractivity contribution in [2.45, 2.75) is 38.2 Å². The summed E-state index contributed by atoms with van der Waals surface area (Å²) in [6.45, 7) is 2.57. The van der Waals surface area contributed by atoms with Crippen LogP contribution in [0.25, 0.3) is 11.4 Å². The fraction of sp³-hybridized carbons (Fsp3) is 0.444. The van der Waals surface area contributed by atoms with E-state index in [0.717, 1.165) is 16.7 Å². The highest BCUT2D eigenvalue weighted by Crippen LogP contribution is 2.38. The van der Waals surface area contributed by atoms with Crippen LogP contribution < -0.4 is 20.7 Å². The molecule has 11 heteroatoms. The van der Waals surface area contributed by atoms with Crippen molar-refractivity contribution in [1.29, 1.82) is 0 Å². The number of nitrogens with one attached hydrogen (secondary N) is 1. The molecule has 0 radical (unpaired) electrons. The third-order valence-electron chi connectivity index (χ3n) is 4.93. The van der Waals surface area contributed by atoms with Gasteiger partial charge in [0.25, 0.3) is 11.7 Å². The molecule has 1 aromatic heterocycles. The van der Waals surface area contributed by atoms with Gasteiger partial charge in [-0.2, -0.15) is 0 Å². The van der Waals surface area contributed by atoms with Crippen molar-refractivity contribution in [3.8, 4) is 17.1 Å². The molecule has 1 aromatic carbocycles. The Labute approximate surface area is 170 Å². The van der Waals surface area contributed by atoms with Gasteiger partial charge in [-0.15, -0.1) is 0 Å². The topological polar surface area (TPSA) is 106 Å². The number of nitrogens with zero attached hydrogens (tertiary/aromatic N) is 3. The monoisotopic (exact) mass is 425 g/mol. The molecule has 8 nitrogen and oxygen atoms in total. The normalized spacial score (nSPS) is 20.7. The Bertz CT molecular complexity index is 923. The summed E-state index contributed by atoms with van der Waals surface area (Å²) in [5.74, 6) is 1.37. The second-order valence-electron chi connectivity index (χ2n) is 6.95. The summed E-state index contributed by atoms with van der Waals surface area (Å²) in [5, 5.41) is 12.1. The van der Waals surface area contributed by atoms with Crippen LogP contribution in [0.15, 0.2) is 24.4 Å². The van der Waals surface area contributed by atoms with E-state index in [2.05, 4.69) is 10.3 Å². The highest BCUT2D eigenvalue weighted by atomic mass is 32.2. The van der Waals surface area contributed by atoms with Crippen molar-refractivity contribution < 1.29 is 23.4 Å². The van der Waals surface area contributed by atoms with Crippen LogP contribution in [0.1, 0.15) is 6.92 Å². The first-order valence-corrected chi connectivity index (χ1v) is 10.1. The molecule has 1 saturated heterocycles. The van der Waals surface area contributed by atoms with Gasteiger partial charge in [0.2, 0.25) is 0 Å². The second kappa shape index (κ2) is 7.81. The molecule has 4 rings (SSSR count). The number of fused-ring (bicyclic) bond motifs is 3. The average Bonchev–Trinajstić information content (AvgIpc) is 3.21. The quantitative estimate of drug-likeness (QED) is 0.632. The molecule has 1 fully saturated rings. The van der Waals surface area contributed by atoms with Crippen LogP contribution in [0.5, 0.6) is 5.75 Å². The van der Waals surface area contributed by atoms with Crippen LogP contribution in [0.4, 0.5) is 25.1 Å². The Hall–Kier alpha value is -2.37. The molecule has 0 aliphatic carbocycles. The highest BCUT2D eigenvalue weighted by molar-refractivity contribution is 8.14. The number of carbonyl (C=O) groups excluding carboxylic acids is 1. The Balaban J connectivity index is 1.68. The van der Waals surface area contributed by atoms with Gasteiger partial charge in [-0.25, -0.2) is 13.8 Å². The van der Waals surface area contributed by atoms with Crippen LogP contribution in [-0.4, -0.2) is 57.0 Å². The van der Waals surface area contributed by atoms with E-state index in [0.29, 0.717) is 36.0 Å². The lowest BCUT2D eigenvalue weighted by molar-refractivity contribution is 0.124. The number of hydrogen-bond donors (Lipinski definition) is 3. The molecule has 2 aliphatic rings. The molecule has 29 heavy (non-hydrogen) atoms. The zero-order valence-electron chi connectivity index (χ0n) is 15.6. The van der Waals surface area contributed by atoms with Gasteiger partial charge in [-0.3, -0.25) is 9.69 Å². The number of rotatable bonds is 5. The summed E-state index contributed by atoms with van der Waals surface area (Å²) in [6, 6.07) is 3.82. The summed E-state index contributed by atoms with van der Waals surface area (Å²) in [5.41, 5.74) is 6.88. The zero-order valence-corrected chi connectivity index (χ0v) is 16.4. The molecule has 1 amide bonds. The fourth-order valence-electron chi connectivity index (χ4n) is 3.31. The molecule has 2 aliphatic heterocycles. The molecule has 1 unspecified atom stereocenters. The maximum atomic E-state index is 13.3. The number of nitrogens with two attached hydrogens (primary N) is 1. The van der Waals surface area contributed by atoms with Gasteiger partial charge in [0.05, 0.1) is 18.2 Å². The Morgan fingerprint density at radius 2 is 2.24 bits per heavy atom. The van der Waals surface area contributed by atoms with E-state index in [9.17, 15) is 18.7 Å². The summed E-state index contributed by atoms with van der Waals surface area (Å²) in [4.78, 5) is 17.7. The Morgan fingerprint density at radius 1 is 1.45 bits per heavy atom. The Morgan fingerprint density at radius 3 is 2.97 bits per heavy atom. The predicted octanol–water partition coefficient (Wildman–Crippen LogP) is 2.33. The largest absolute Gasteiger partial charge is 0.491 e. The van der Waals surface area contributed by atoms with Crippen molar-refractivity contribution >= 4 is 28.5 Å². The maximum Gasteiger partial charge on any atom is 0.287 e. The summed E-state index contributed by atoms with van der Waals surface area (Å²) < 4.78 is 34.3. The molecule has 3 atom stereocenters. The molecule has 0 saturated carbocycles. The predicted molar refractivity (Wildman–Crippen MR) is 107 cm³/mol. The average molecular weight is 425 g/mol. The molecule has 0 spiro atoms. The van der Waals surface area contributed by atoms with E-state index in [1.807, 2.05) is 0 Å². The summed E-state index contributed by atoms with van der Waals surface area (Å²) in [7, 11) is 0. The van der Waals surface area contributed by atoms with Gasteiger partial charge < -0.3 is 25.5 Å². The number of benzene rings is 1. The van der Waals surface area contributed by atoms with Crippen LogP contribution in [0.2, 0.25) is 0 Å². The van der Waals surface area contributed by atoms with Gasteiger partial charge in [0.15, 0.2) is 5.82 Å². The van der Waals surface area contributed by atoms with E-state index < -0.39 is 23.9 Å². The number of alkyl halides is 2. The van der Waals surface area contributed by atoms with Crippen molar-refractivity contribution in [2.75, 3.05) is 22.6 Å². The number of imidazole rings is 1. The third kappa shape index (κ3) is 3.77. The third-order valence-corrected chi connectivity index (χ3v) is 5.88. The van der Waals surface area contributed by atoms with Crippen molar-refractivity contribution in [3.63, 3.8) is 0 Å². The number of hydrogen-bond acceptors (Lipinski definition) is 7. The van der Waals surface area contributed by atoms with Gasteiger partial charge in [-0.1, -0.05) is 11.8 Å². The highest BCUT2D eigenvalue weighted by Gasteiger charge is 2.40. The van der Waals surface area contributed by atoms with Crippen molar-refractivity contribution in [3.05, 3.63) is 24.4 Å². The van der Waals surface area contributed by atoms with Crippen LogP contribution >= 0.6 is 11.8 Å². The number of ether oxygens (including phenoxy) is 1. The van der Waals surface area contributed by atoms with Crippen LogP contribution in [-0.2, 0) is 6.54 Å². The van der Waals surface area contributed by atoms with E-state index >= 15 is 0 Å². The van der Waals surface area contributed by atoms with E-state index in [4.69, 9.17) is 10.5 Å². The first kappa shape index (κ1) is 19.9. The van der Waals surface area contributed by atoms with E-state index in [1.54, 1.807) is 35.9 Å². The van der Waals surface area contributed by atoms with E-state index in [-0.39, 0.29) is 17.6 Å². The van der Waals surface area contributed by atoms with Gasteiger partial charge in [-0.05, 0) is 19.1 Å². The number of halogens is 2. The lowest BCUT2D eigenvalue weighted by Crippen LogP contribution is -2.38. The molecule has 4 N–H and O–H groups in total. The Kier molecular flexibility index (Phi) is 5.36. The number of carbonyl (C=O) groups is 1. The van der Waals surface area contributed by atoms with Crippen LogP contribution in [0.3, 0.4) is 0 Å². The SMILES string of the molecule is C[C@H](Nc1ccc2c(c1)OCCn1cc(N3C(=O)SC[C@H]3C(F)F)nc1-2)C(N)O. The van der Waals surface area contributed by atoms with Gasteiger partial charge >= 0.3 is 0 Å².